The summed E-state index contributed by atoms with van der Waals surface area (Å²) in [6.45, 7) is 1.58. The number of hydrogen-bond donors (Lipinski definition) is 1. The van der Waals surface area contributed by atoms with Crippen LogP contribution in [0.3, 0.4) is 0 Å². The second kappa shape index (κ2) is 9.40. The molecule has 0 radical (unpaired) electrons. The Hall–Kier alpha value is -2.88. The van der Waals surface area contributed by atoms with Crippen molar-refractivity contribution in [3.63, 3.8) is 0 Å². The molecular weight excluding hydrogens is 529 g/mol. The van der Waals surface area contributed by atoms with Crippen molar-refractivity contribution in [3.8, 4) is 17.5 Å². The maximum absolute atomic E-state index is 13.2. The lowest BCUT2D eigenvalue weighted by atomic mass is 10.1. The quantitative estimate of drug-likeness (QED) is 0.212. The SMILES string of the molecule is Cc1cc(C=Nc2c(SC(F)(F)F)c(C#N)nn2-c2c(Cl)cc(C(F)(F)F)cc2Cl)ccc1O. The number of nitrogens with zero attached hydrogens (tertiary/aromatic N) is 4. The molecule has 0 aliphatic rings. The van der Waals surface area contributed by atoms with Crippen molar-refractivity contribution in [2.24, 2.45) is 4.99 Å². The number of aryl methyl sites for hydroxylation is 1. The number of aromatic nitrogens is 2. The predicted molar refractivity (Wildman–Crippen MR) is 115 cm³/mol. The molecule has 1 N–H and O–H groups in total. The van der Waals surface area contributed by atoms with E-state index in [1.165, 1.54) is 24.3 Å². The third-order valence-electron chi connectivity index (χ3n) is 4.26. The Morgan fingerprint density at radius 1 is 1.12 bits per heavy atom. The molecule has 0 aliphatic heterocycles. The number of hydrogen-bond acceptors (Lipinski definition) is 5. The van der Waals surface area contributed by atoms with Crippen LogP contribution in [-0.4, -0.2) is 26.6 Å². The topological polar surface area (TPSA) is 74.2 Å². The van der Waals surface area contributed by atoms with E-state index in [0.29, 0.717) is 27.9 Å². The molecule has 1 heterocycles. The van der Waals surface area contributed by atoms with Crippen LogP contribution in [0.15, 0.2) is 40.2 Å². The molecule has 0 spiro atoms. The van der Waals surface area contributed by atoms with Crippen molar-refractivity contribution in [1.82, 2.24) is 9.78 Å². The molecule has 178 valence electrons. The average Bonchev–Trinajstić information content (AvgIpc) is 3.03. The Bertz CT molecular complexity index is 1310. The lowest BCUT2D eigenvalue weighted by Crippen LogP contribution is -2.07. The summed E-state index contributed by atoms with van der Waals surface area (Å²) in [4.78, 5) is 3.31. The first-order valence-electron chi connectivity index (χ1n) is 8.90. The fraction of sp³-hybridized carbons (Fsp3) is 0.150. The number of phenolic OH excluding ortho intramolecular Hbond substituents is 1. The zero-order valence-electron chi connectivity index (χ0n) is 16.6. The first-order valence-corrected chi connectivity index (χ1v) is 10.5. The van der Waals surface area contributed by atoms with Crippen molar-refractivity contribution in [3.05, 3.63) is 62.8 Å². The number of phenols is 1. The van der Waals surface area contributed by atoms with Gasteiger partial charge in [0.15, 0.2) is 11.5 Å². The smallest absolute Gasteiger partial charge is 0.446 e. The largest absolute Gasteiger partial charge is 0.508 e. The molecule has 0 atom stereocenters. The number of halogens is 8. The van der Waals surface area contributed by atoms with Crippen LogP contribution in [0.25, 0.3) is 5.69 Å². The first-order chi connectivity index (χ1) is 15.7. The molecule has 0 fully saturated rings. The van der Waals surface area contributed by atoms with Gasteiger partial charge in [-0.1, -0.05) is 23.2 Å². The predicted octanol–water partition coefficient (Wildman–Crippen LogP) is 7.45. The Kier molecular flexibility index (Phi) is 7.12. The van der Waals surface area contributed by atoms with E-state index in [1.54, 1.807) is 6.92 Å². The molecule has 14 heteroatoms. The molecule has 0 bridgehead atoms. The number of alkyl halides is 6. The molecule has 3 aromatic rings. The van der Waals surface area contributed by atoms with Gasteiger partial charge in [0.05, 0.1) is 20.5 Å². The van der Waals surface area contributed by atoms with Gasteiger partial charge in [0.1, 0.15) is 17.5 Å². The summed E-state index contributed by atoms with van der Waals surface area (Å²) in [7, 11) is 0. The summed E-state index contributed by atoms with van der Waals surface area (Å²) in [5.41, 5.74) is -6.29. The zero-order valence-corrected chi connectivity index (χ0v) is 19.0. The van der Waals surface area contributed by atoms with Gasteiger partial charge in [0.25, 0.3) is 0 Å². The minimum atomic E-state index is -4.84. The maximum Gasteiger partial charge on any atom is 0.446 e. The van der Waals surface area contributed by atoms with Crippen LogP contribution in [0.2, 0.25) is 10.0 Å². The number of benzene rings is 2. The second-order valence-electron chi connectivity index (χ2n) is 6.66. The van der Waals surface area contributed by atoms with E-state index in [-0.39, 0.29) is 5.75 Å². The normalized spacial score (nSPS) is 12.4. The summed E-state index contributed by atoms with van der Waals surface area (Å²) < 4.78 is 79.6. The van der Waals surface area contributed by atoms with Crippen molar-refractivity contribution >= 4 is 47.0 Å². The Morgan fingerprint density at radius 2 is 1.74 bits per heavy atom. The highest BCUT2D eigenvalue weighted by atomic mass is 35.5. The molecule has 3 rings (SSSR count). The zero-order chi connectivity index (χ0) is 25.4. The van der Waals surface area contributed by atoms with Crippen LogP contribution >= 0.6 is 35.0 Å². The van der Waals surface area contributed by atoms with Gasteiger partial charge in [-0.25, -0.2) is 9.67 Å². The summed E-state index contributed by atoms with van der Waals surface area (Å²) in [5, 5.41) is 21.6. The first kappa shape index (κ1) is 25.7. The van der Waals surface area contributed by atoms with E-state index in [0.717, 1.165) is 6.21 Å². The van der Waals surface area contributed by atoms with Crippen LogP contribution in [0.4, 0.5) is 32.2 Å². The molecule has 0 saturated heterocycles. The van der Waals surface area contributed by atoms with Gasteiger partial charge in [-0.2, -0.15) is 36.7 Å². The third kappa shape index (κ3) is 5.60. The summed E-state index contributed by atoms with van der Waals surface area (Å²) in [6, 6.07) is 6.82. The van der Waals surface area contributed by atoms with Gasteiger partial charge in [-0.3, -0.25) is 0 Å². The van der Waals surface area contributed by atoms with Crippen molar-refractivity contribution in [1.29, 1.82) is 5.26 Å². The lowest BCUT2D eigenvalue weighted by molar-refractivity contribution is -0.137. The minimum absolute atomic E-state index is 0.0226. The molecule has 0 aliphatic carbocycles. The summed E-state index contributed by atoms with van der Waals surface area (Å²) >= 11 is 11.3. The van der Waals surface area contributed by atoms with Crippen LogP contribution in [0, 0.1) is 18.3 Å². The number of rotatable bonds is 4. The second-order valence-corrected chi connectivity index (χ2v) is 8.55. The molecule has 0 amide bonds. The molecule has 34 heavy (non-hydrogen) atoms. The van der Waals surface area contributed by atoms with Gasteiger partial charge in [-0.15, -0.1) is 0 Å². The van der Waals surface area contributed by atoms with Gasteiger partial charge in [-0.05, 0) is 60.1 Å². The monoisotopic (exact) mass is 538 g/mol. The maximum atomic E-state index is 13.2. The summed E-state index contributed by atoms with van der Waals surface area (Å²) in [6.07, 6.45) is -3.66. The molecule has 5 nitrogen and oxygen atoms in total. The van der Waals surface area contributed by atoms with E-state index in [1.807, 2.05) is 0 Å². The van der Waals surface area contributed by atoms with Crippen molar-refractivity contribution in [2.75, 3.05) is 0 Å². The Morgan fingerprint density at radius 3 is 2.24 bits per heavy atom. The molecule has 0 saturated carbocycles. The molecule has 0 unspecified atom stereocenters. The van der Waals surface area contributed by atoms with Crippen LogP contribution in [-0.2, 0) is 6.18 Å². The van der Waals surface area contributed by atoms with E-state index < -0.39 is 61.1 Å². The number of thioether (sulfide) groups is 1. The Labute approximate surface area is 202 Å². The van der Waals surface area contributed by atoms with E-state index in [4.69, 9.17) is 23.2 Å². The highest BCUT2D eigenvalue weighted by Crippen LogP contribution is 2.46. The highest BCUT2D eigenvalue weighted by Gasteiger charge is 2.36. The van der Waals surface area contributed by atoms with Crippen LogP contribution in [0.5, 0.6) is 5.75 Å². The van der Waals surface area contributed by atoms with Crippen LogP contribution in [0.1, 0.15) is 22.4 Å². The van der Waals surface area contributed by atoms with E-state index >= 15 is 0 Å². The van der Waals surface area contributed by atoms with E-state index in [9.17, 15) is 36.7 Å². The van der Waals surface area contributed by atoms with Gasteiger partial charge < -0.3 is 5.11 Å². The highest BCUT2D eigenvalue weighted by molar-refractivity contribution is 8.00. The third-order valence-corrected chi connectivity index (χ3v) is 5.64. The number of aliphatic imine (C=N–C) groups is 1. The number of aromatic hydroxyl groups is 1. The fourth-order valence-electron chi connectivity index (χ4n) is 2.77. The minimum Gasteiger partial charge on any atom is -0.508 e. The van der Waals surface area contributed by atoms with Crippen LogP contribution < -0.4 is 0 Å². The van der Waals surface area contributed by atoms with Gasteiger partial charge in [0.2, 0.25) is 0 Å². The van der Waals surface area contributed by atoms with E-state index in [2.05, 4.69) is 10.1 Å². The molecule has 1 aromatic heterocycles. The number of nitriles is 1. The summed E-state index contributed by atoms with van der Waals surface area (Å²) in [5.74, 6) is -0.557. The van der Waals surface area contributed by atoms with Crippen molar-refractivity contribution in [2.45, 2.75) is 23.5 Å². The van der Waals surface area contributed by atoms with Crippen molar-refractivity contribution < 1.29 is 31.4 Å². The van der Waals surface area contributed by atoms with Gasteiger partial charge >= 0.3 is 11.7 Å². The standard InChI is InChI=1S/C20H10Cl2F6N4OS/c1-9-4-10(2-3-15(9)33)8-30-18-17(34-20(26,27)28)14(7-29)31-32(18)16-12(21)5-11(6-13(16)22)19(23,24)25/h2-6,8,33H,1H3. The lowest BCUT2D eigenvalue weighted by Gasteiger charge is -2.13. The fourth-order valence-corrected chi connectivity index (χ4v) is 4.07. The van der Waals surface area contributed by atoms with Gasteiger partial charge in [0, 0.05) is 6.21 Å². The Balaban J connectivity index is 2.27. The molecular formula is C20H10Cl2F6N4OS. The average molecular weight is 539 g/mol. The molecule has 2 aromatic carbocycles.